The number of nitrogens with one attached hydrogen (secondary N) is 2. The fourth-order valence-electron chi connectivity index (χ4n) is 1.34. The number of thioether (sulfide) groups is 1. The summed E-state index contributed by atoms with van der Waals surface area (Å²) in [6.45, 7) is 6.59. The number of amides is 2. The number of carboxylic acid groups (broad SMARTS) is 1. The molecule has 0 aromatic heterocycles. The molecule has 0 aromatic carbocycles. The smallest absolute Gasteiger partial charge is 0.408 e. The maximum Gasteiger partial charge on any atom is 0.408 e. The number of carbonyl (C=O) groups is 3. The summed E-state index contributed by atoms with van der Waals surface area (Å²) in [7, 11) is 0. The quantitative estimate of drug-likeness (QED) is 0.651. The lowest BCUT2D eigenvalue weighted by Gasteiger charge is -2.22. The van der Waals surface area contributed by atoms with Gasteiger partial charge in [0.05, 0.1) is 0 Å². The first kappa shape index (κ1) is 19.6. The highest BCUT2D eigenvalue weighted by atomic mass is 32.2. The third kappa shape index (κ3) is 9.17. The van der Waals surface area contributed by atoms with Crippen molar-refractivity contribution in [2.45, 2.75) is 51.8 Å². The Morgan fingerprint density at radius 1 is 1.24 bits per heavy atom. The van der Waals surface area contributed by atoms with Gasteiger partial charge in [-0.1, -0.05) is 0 Å². The number of carbonyl (C=O) groups excluding carboxylic acids is 2. The molecule has 0 aliphatic carbocycles. The molecule has 0 aromatic rings. The number of alkyl carbamates (subject to hydrolysis) is 1. The monoisotopic (exact) mass is 320 g/mol. The average Bonchev–Trinajstić information content (AvgIpc) is 2.30. The molecule has 0 radical (unpaired) electrons. The van der Waals surface area contributed by atoms with Crippen LogP contribution in [0.15, 0.2) is 0 Å². The predicted octanol–water partition coefficient (Wildman–Crippen LogP) is 1.22. The molecular formula is C13H24N2O5S. The van der Waals surface area contributed by atoms with Gasteiger partial charge in [-0.05, 0) is 46.1 Å². The van der Waals surface area contributed by atoms with E-state index in [9.17, 15) is 14.4 Å². The molecule has 0 unspecified atom stereocenters. The van der Waals surface area contributed by atoms with Crippen LogP contribution < -0.4 is 10.6 Å². The summed E-state index contributed by atoms with van der Waals surface area (Å²) < 4.78 is 5.03. The zero-order valence-corrected chi connectivity index (χ0v) is 13.9. The summed E-state index contributed by atoms with van der Waals surface area (Å²) in [5.41, 5.74) is -0.664. The zero-order valence-electron chi connectivity index (χ0n) is 13.1. The first-order chi connectivity index (χ1) is 9.56. The van der Waals surface area contributed by atoms with E-state index in [-0.39, 0.29) is 0 Å². The van der Waals surface area contributed by atoms with E-state index in [2.05, 4.69) is 10.6 Å². The van der Waals surface area contributed by atoms with Gasteiger partial charge in [0.1, 0.15) is 17.7 Å². The molecule has 0 aliphatic heterocycles. The first-order valence-electron chi connectivity index (χ1n) is 6.58. The van der Waals surface area contributed by atoms with Crippen LogP contribution in [0.4, 0.5) is 4.79 Å². The van der Waals surface area contributed by atoms with E-state index in [4.69, 9.17) is 9.84 Å². The fourth-order valence-corrected chi connectivity index (χ4v) is 1.81. The molecule has 2 atom stereocenters. The van der Waals surface area contributed by atoms with Crippen LogP contribution in [0.25, 0.3) is 0 Å². The topological polar surface area (TPSA) is 105 Å². The largest absolute Gasteiger partial charge is 0.480 e. The predicted molar refractivity (Wildman–Crippen MR) is 81.4 cm³/mol. The van der Waals surface area contributed by atoms with Gasteiger partial charge in [-0.25, -0.2) is 9.59 Å². The number of hydrogen-bond acceptors (Lipinski definition) is 5. The minimum absolute atomic E-state index is 0.321. The van der Waals surface area contributed by atoms with Crippen LogP contribution in [-0.2, 0) is 14.3 Å². The van der Waals surface area contributed by atoms with Gasteiger partial charge in [-0.3, -0.25) is 4.79 Å². The van der Waals surface area contributed by atoms with E-state index >= 15 is 0 Å². The highest BCUT2D eigenvalue weighted by molar-refractivity contribution is 7.98. The molecule has 0 spiro atoms. The fraction of sp³-hybridized carbons (Fsp3) is 0.769. The Balaban J connectivity index is 4.42. The van der Waals surface area contributed by atoms with Crippen molar-refractivity contribution in [1.82, 2.24) is 10.6 Å². The van der Waals surface area contributed by atoms with Crippen LogP contribution in [0.3, 0.4) is 0 Å². The van der Waals surface area contributed by atoms with Gasteiger partial charge in [0.15, 0.2) is 0 Å². The van der Waals surface area contributed by atoms with Crippen molar-refractivity contribution in [3.05, 3.63) is 0 Å². The van der Waals surface area contributed by atoms with Crippen molar-refractivity contribution >= 4 is 29.7 Å². The van der Waals surface area contributed by atoms with Crippen molar-refractivity contribution in [3.63, 3.8) is 0 Å². The summed E-state index contributed by atoms with van der Waals surface area (Å²) in [6.07, 6.45) is 1.45. The Labute approximate surface area is 129 Å². The second kappa shape index (κ2) is 8.76. The number of hydrogen-bond donors (Lipinski definition) is 3. The molecule has 0 bridgehead atoms. The Morgan fingerprint density at radius 2 is 1.81 bits per heavy atom. The Hall–Kier alpha value is -1.44. The molecule has 0 saturated heterocycles. The van der Waals surface area contributed by atoms with Crippen molar-refractivity contribution in [3.8, 4) is 0 Å². The molecule has 0 rings (SSSR count). The van der Waals surface area contributed by atoms with Crippen LogP contribution in [0, 0.1) is 0 Å². The molecular weight excluding hydrogens is 296 g/mol. The van der Waals surface area contributed by atoms with Gasteiger partial charge in [0.25, 0.3) is 0 Å². The molecule has 0 aliphatic rings. The molecule has 0 heterocycles. The Kier molecular flexibility index (Phi) is 8.16. The molecule has 21 heavy (non-hydrogen) atoms. The second-order valence-corrected chi connectivity index (χ2v) is 6.53. The number of rotatable bonds is 7. The maximum atomic E-state index is 11.9. The van der Waals surface area contributed by atoms with Crippen LogP contribution >= 0.6 is 11.8 Å². The van der Waals surface area contributed by atoms with Crippen molar-refractivity contribution < 1.29 is 24.2 Å². The lowest BCUT2D eigenvalue weighted by Crippen LogP contribution is -2.51. The van der Waals surface area contributed by atoms with Crippen molar-refractivity contribution in [2.75, 3.05) is 12.0 Å². The summed E-state index contributed by atoms with van der Waals surface area (Å²) >= 11 is 1.50. The lowest BCUT2D eigenvalue weighted by atomic mass is 10.2. The summed E-state index contributed by atoms with van der Waals surface area (Å²) in [5.74, 6) is -1.04. The van der Waals surface area contributed by atoms with E-state index in [0.29, 0.717) is 12.2 Å². The molecule has 8 heteroatoms. The van der Waals surface area contributed by atoms with Crippen LogP contribution in [0.5, 0.6) is 0 Å². The number of carboxylic acids is 1. The van der Waals surface area contributed by atoms with E-state index in [0.717, 1.165) is 0 Å². The third-order valence-corrected chi connectivity index (χ3v) is 3.00. The summed E-state index contributed by atoms with van der Waals surface area (Å²) in [5, 5.41) is 13.8. The SMILES string of the molecule is CSCC[C@H](NC(=O)[C@H](C)NC(=O)OC(C)(C)C)C(=O)O. The standard InChI is InChI=1S/C13H24N2O5S/c1-8(14-12(19)20-13(2,3)4)10(16)15-9(11(17)18)6-7-21-5/h8-9H,6-7H2,1-5H3,(H,14,19)(H,15,16)(H,17,18)/t8-,9-/m0/s1. The Bertz CT molecular complexity index is 381. The van der Waals surface area contributed by atoms with E-state index in [1.54, 1.807) is 20.8 Å². The molecule has 0 saturated carbocycles. The van der Waals surface area contributed by atoms with Gasteiger partial charge < -0.3 is 20.5 Å². The minimum atomic E-state index is -1.10. The molecule has 0 fully saturated rings. The maximum absolute atomic E-state index is 11.9. The van der Waals surface area contributed by atoms with Crippen LogP contribution in [-0.4, -0.2) is 52.8 Å². The molecule has 122 valence electrons. The van der Waals surface area contributed by atoms with Gasteiger partial charge in [-0.2, -0.15) is 11.8 Å². The van der Waals surface area contributed by atoms with Gasteiger partial charge in [-0.15, -0.1) is 0 Å². The van der Waals surface area contributed by atoms with Gasteiger partial charge in [0.2, 0.25) is 5.91 Å². The molecule has 7 nitrogen and oxygen atoms in total. The van der Waals surface area contributed by atoms with E-state index < -0.39 is 35.7 Å². The van der Waals surface area contributed by atoms with Crippen LogP contribution in [0.2, 0.25) is 0 Å². The molecule has 2 amide bonds. The van der Waals surface area contributed by atoms with Gasteiger partial charge >= 0.3 is 12.1 Å². The lowest BCUT2D eigenvalue weighted by molar-refractivity contribution is -0.142. The summed E-state index contributed by atoms with van der Waals surface area (Å²) in [6, 6.07) is -1.84. The highest BCUT2D eigenvalue weighted by Gasteiger charge is 2.25. The van der Waals surface area contributed by atoms with E-state index in [1.807, 2.05) is 6.26 Å². The van der Waals surface area contributed by atoms with E-state index in [1.165, 1.54) is 18.7 Å². The average molecular weight is 320 g/mol. The Morgan fingerprint density at radius 3 is 2.24 bits per heavy atom. The normalized spacial score (nSPS) is 14.0. The molecule has 3 N–H and O–H groups in total. The number of ether oxygens (including phenoxy) is 1. The second-order valence-electron chi connectivity index (χ2n) is 5.55. The minimum Gasteiger partial charge on any atom is -0.480 e. The number of aliphatic carboxylic acids is 1. The van der Waals surface area contributed by atoms with Crippen molar-refractivity contribution in [1.29, 1.82) is 0 Å². The van der Waals surface area contributed by atoms with Crippen molar-refractivity contribution in [2.24, 2.45) is 0 Å². The van der Waals surface area contributed by atoms with Gasteiger partial charge in [0, 0.05) is 0 Å². The summed E-state index contributed by atoms with van der Waals surface area (Å²) in [4.78, 5) is 34.4. The highest BCUT2D eigenvalue weighted by Crippen LogP contribution is 2.07. The first-order valence-corrected chi connectivity index (χ1v) is 7.98. The third-order valence-electron chi connectivity index (χ3n) is 2.35. The zero-order chi connectivity index (χ0) is 16.6. The van der Waals surface area contributed by atoms with Crippen LogP contribution in [0.1, 0.15) is 34.1 Å².